The Morgan fingerprint density at radius 2 is 2.00 bits per heavy atom. The average molecular weight is 374 g/mol. The molecular weight excluding hydrogens is 349 g/mol. The highest BCUT2D eigenvalue weighted by atomic mass is 35.5. The average Bonchev–Trinajstić information content (AvgIpc) is 2.56. The zero-order valence-electron chi connectivity index (χ0n) is 14.1. The predicted octanol–water partition coefficient (Wildman–Crippen LogP) is 3.32. The number of piperidine rings is 1. The number of halogens is 2. The molecule has 1 heterocycles. The van der Waals surface area contributed by atoms with Crippen molar-refractivity contribution >= 4 is 41.5 Å². The number of benzene rings is 1. The number of rotatable bonds is 5. The van der Waals surface area contributed by atoms with Crippen molar-refractivity contribution in [3.05, 3.63) is 28.8 Å². The van der Waals surface area contributed by atoms with Gasteiger partial charge in [0.15, 0.2) is 0 Å². The summed E-state index contributed by atoms with van der Waals surface area (Å²) in [4.78, 5) is 26.3. The van der Waals surface area contributed by atoms with Gasteiger partial charge in [0, 0.05) is 18.8 Å². The van der Waals surface area contributed by atoms with Crippen molar-refractivity contribution in [2.24, 2.45) is 0 Å². The maximum atomic E-state index is 12.4. The third-order valence-corrected chi connectivity index (χ3v) is 4.46. The maximum Gasteiger partial charge on any atom is 0.255 e. The maximum absolute atomic E-state index is 12.4. The van der Waals surface area contributed by atoms with Gasteiger partial charge in [-0.05, 0) is 51.4 Å². The van der Waals surface area contributed by atoms with Gasteiger partial charge >= 0.3 is 0 Å². The van der Waals surface area contributed by atoms with Crippen LogP contribution in [0.3, 0.4) is 0 Å². The monoisotopic (exact) mass is 373 g/mol. The number of nitrogens with zero attached hydrogens (tertiary/aromatic N) is 1. The van der Waals surface area contributed by atoms with E-state index in [0.29, 0.717) is 29.4 Å². The Morgan fingerprint density at radius 3 is 2.54 bits per heavy atom. The van der Waals surface area contributed by atoms with Crippen LogP contribution >= 0.6 is 24.0 Å². The van der Waals surface area contributed by atoms with Gasteiger partial charge in [0.1, 0.15) is 0 Å². The number of hydrogen-bond acceptors (Lipinski definition) is 3. The van der Waals surface area contributed by atoms with Gasteiger partial charge in [-0.1, -0.05) is 18.0 Å². The summed E-state index contributed by atoms with van der Waals surface area (Å²) in [5, 5.41) is 6.43. The molecule has 1 aliphatic rings. The molecule has 1 fully saturated rings. The van der Waals surface area contributed by atoms with E-state index in [-0.39, 0.29) is 30.3 Å². The van der Waals surface area contributed by atoms with E-state index in [1.807, 2.05) is 13.8 Å². The van der Waals surface area contributed by atoms with Gasteiger partial charge in [-0.15, -0.1) is 12.4 Å². The minimum Gasteiger partial charge on any atom is -0.339 e. The van der Waals surface area contributed by atoms with Crippen LogP contribution in [0.25, 0.3) is 0 Å². The summed E-state index contributed by atoms with van der Waals surface area (Å²) in [7, 11) is 0. The first-order chi connectivity index (χ1) is 11.1. The fourth-order valence-corrected chi connectivity index (χ4v) is 3.01. The number of carbonyl (C=O) groups is 2. The number of nitrogens with one attached hydrogen (secondary N) is 2. The van der Waals surface area contributed by atoms with Crippen molar-refractivity contribution in [1.29, 1.82) is 0 Å². The van der Waals surface area contributed by atoms with E-state index < -0.39 is 0 Å². The molecule has 24 heavy (non-hydrogen) atoms. The molecule has 0 aliphatic carbocycles. The summed E-state index contributed by atoms with van der Waals surface area (Å²) in [6.45, 7) is 6.01. The van der Waals surface area contributed by atoms with Gasteiger partial charge in [-0.25, -0.2) is 0 Å². The first-order valence-corrected chi connectivity index (χ1v) is 8.57. The normalized spacial score (nSPS) is 16.9. The summed E-state index contributed by atoms with van der Waals surface area (Å²) < 4.78 is 0. The fraction of sp³-hybridized carbons (Fsp3) is 0.529. The Bertz CT molecular complexity index is 571. The topological polar surface area (TPSA) is 61.4 Å². The van der Waals surface area contributed by atoms with Crippen molar-refractivity contribution < 1.29 is 9.59 Å². The van der Waals surface area contributed by atoms with Crippen molar-refractivity contribution in [2.45, 2.75) is 39.2 Å². The molecule has 1 aromatic rings. The van der Waals surface area contributed by atoms with Crippen LogP contribution in [-0.2, 0) is 4.79 Å². The summed E-state index contributed by atoms with van der Waals surface area (Å²) in [5.41, 5.74) is 1.08. The van der Waals surface area contributed by atoms with Gasteiger partial charge in [0.2, 0.25) is 5.91 Å². The van der Waals surface area contributed by atoms with Crippen LogP contribution in [0.5, 0.6) is 0 Å². The Balaban J connectivity index is 0.00000288. The van der Waals surface area contributed by atoms with Crippen molar-refractivity contribution in [3.8, 4) is 0 Å². The van der Waals surface area contributed by atoms with Gasteiger partial charge in [0.05, 0.1) is 16.6 Å². The quantitative estimate of drug-likeness (QED) is 0.831. The smallest absolute Gasteiger partial charge is 0.255 e. The summed E-state index contributed by atoms with van der Waals surface area (Å²) in [5.74, 6) is -0.143. The molecule has 2 amide bonds. The Kier molecular flexibility index (Phi) is 8.53. The lowest BCUT2D eigenvalue weighted by molar-refractivity contribution is -0.118. The van der Waals surface area contributed by atoms with E-state index in [1.165, 1.54) is 0 Å². The molecule has 1 saturated heterocycles. The minimum absolute atomic E-state index is 0. The molecule has 0 saturated carbocycles. The second kappa shape index (κ2) is 9.87. The third-order valence-electron chi connectivity index (χ3n) is 4.14. The number of carbonyl (C=O) groups excluding carboxylic acids is 2. The first-order valence-electron chi connectivity index (χ1n) is 8.19. The molecule has 1 aromatic carbocycles. The standard InChI is InChI=1S/C17H24ClN3O2.ClH/c1-3-21(4-2)17(23)13-9-8-12(11-14(13)18)20-16(22)15-7-5-6-10-19-15;/h8-9,11,15,19H,3-7,10H2,1-2H3,(H,20,22);1H. The van der Waals surface area contributed by atoms with E-state index in [0.717, 1.165) is 25.8 Å². The molecule has 2 N–H and O–H groups in total. The highest BCUT2D eigenvalue weighted by Crippen LogP contribution is 2.23. The van der Waals surface area contributed by atoms with E-state index in [4.69, 9.17) is 11.6 Å². The molecule has 1 atom stereocenters. The van der Waals surface area contributed by atoms with Crippen LogP contribution in [0, 0.1) is 0 Å². The van der Waals surface area contributed by atoms with Crippen molar-refractivity contribution in [1.82, 2.24) is 10.2 Å². The van der Waals surface area contributed by atoms with E-state index in [9.17, 15) is 9.59 Å². The summed E-state index contributed by atoms with van der Waals surface area (Å²) in [6.07, 6.45) is 3.01. The van der Waals surface area contributed by atoms with Crippen LogP contribution in [0.4, 0.5) is 5.69 Å². The molecule has 134 valence electrons. The van der Waals surface area contributed by atoms with Crippen molar-refractivity contribution in [2.75, 3.05) is 25.0 Å². The Morgan fingerprint density at radius 1 is 1.29 bits per heavy atom. The molecule has 7 heteroatoms. The highest BCUT2D eigenvalue weighted by molar-refractivity contribution is 6.34. The van der Waals surface area contributed by atoms with E-state index >= 15 is 0 Å². The number of hydrogen-bond donors (Lipinski definition) is 2. The van der Waals surface area contributed by atoms with Gasteiger partial charge in [-0.2, -0.15) is 0 Å². The second-order valence-electron chi connectivity index (χ2n) is 5.66. The van der Waals surface area contributed by atoms with Crippen LogP contribution in [-0.4, -0.2) is 42.4 Å². The van der Waals surface area contributed by atoms with Crippen LogP contribution < -0.4 is 10.6 Å². The molecule has 0 radical (unpaired) electrons. The predicted molar refractivity (Wildman–Crippen MR) is 100 cm³/mol. The molecule has 0 bridgehead atoms. The summed E-state index contributed by atoms with van der Waals surface area (Å²) in [6, 6.07) is 4.88. The largest absolute Gasteiger partial charge is 0.339 e. The SMILES string of the molecule is CCN(CC)C(=O)c1ccc(NC(=O)C2CCCCN2)cc1Cl.Cl. The molecular formula is C17H25Cl2N3O2. The number of amides is 2. The van der Waals surface area contributed by atoms with Gasteiger partial charge in [-0.3, -0.25) is 9.59 Å². The molecule has 1 unspecified atom stereocenters. The summed E-state index contributed by atoms with van der Waals surface area (Å²) >= 11 is 6.24. The zero-order chi connectivity index (χ0) is 16.8. The number of anilines is 1. The van der Waals surface area contributed by atoms with Gasteiger partial charge < -0.3 is 15.5 Å². The van der Waals surface area contributed by atoms with E-state index in [2.05, 4.69) is 10.6 Å². The molecule has 1 aliphatic heterocycles. The zero-order valence-corrected chi connectivity index (χ0v) is 15.7. The highest BCUT2D eigenvalue weighted by Gasteiger charge is 2.21. The van der Waals surface area contributed by atoms with Crippen LogP contribution in [0.1, 0.15) is 43.5 Å². The first kappa shape index (κ1) is 20.7. The van der Waals surface area contributed by atoms with Crippen molar-refractivity contribution in [3.63, 3.8) is 0 Å². The minimum atomic E-state index is -0.153. The fourth-order valence-electron chi connectivity index (χ4n) is 2.75. The van der Waals surface area contributed by atoms with Gasteiger partial charge in [0.25, 0.3) is 5.91 Å². The molecule has 0 aromatic heterocycles. The third kappa shape index (κ3) is 5.10. The Labute approximate surface area is 154 Å². The lowest BCUT2D eigenvalue weighted by atomic mass is 10.0. The lowest BCUT2D eigenvalue weighted by Crippen LogP contribution is -2.43. The van der Waals surface area contributed by atoms with Crippen LogP contribution in [0.15, 0.2) is 18.2 Å². The molecule has 2 rings (SSSR count). The molecule has 0 spiro atoms. The van der Waals surface area contributed by atoms with Crippen LogP contribution in [0.2, 0.25) is 5.02 Å². The Hall–Kier alpha value is -1.30. The lowest BCUT2D eigenvalue weighted by Gasteiger charge is -2.23. The molecule has 5 nitrogen and oxygen atoms in total. The second-order valence-corrected chi connectivity index (χ2v) is 6.07. The van der Waals surface area contributed by atoms with E-state index in [1.54, 1.807) is 23.1 Å².